The number of amides is 1. The molecule has 0 saturated heterocycles. The number of aromatic nitrogens is 3. The second kappa shape index (κ2) is 6.42. The molecule has 2 bridgehead atoms. The van der Waals surface area contributed by atoms with Gasteiger partial charge in [0, 0.05) is 25.2 Å². The van der Waals surface area contributed by atoms with Gasteiger partial charge in [0.05, 0.1) is 17.7 Å². The van der Waals surface area contributed by atoms with Crippen molar-refractivity contribution in [3.05, 3.63) is 59.4 Å². The molecule has 3 aliphatic carbocycles. The molecule has 160 valence electrons. The first kappa shape index (κ1) is 19.0. The number of hydrogen-bond acceptors (Lipinski definition) is 5. The third-order valence-corrected chi connectivity index (χ3v) is 6.92. The molecule has 3 fully saturated rings. The van der Waals surface area contributed by atoms with E-state index in [1.54, 1.807) is 18.3 Å². The van der Waals surface area contributed by atoms with Crippen molar-refractivity contribution in [1.29, 1.82) is 5.26 Å². The lowest BCUT2D eigenvalue weighted by atomic mass is 9.34. The van der Waals surface area contributed by atoms with E-state index in [1.165, 1.54) is 17.1 Å². The van der Waals surface area contributed by atoms with Gasteiger partial charge in [-0.15, -0.1) is 0 Å². The number of nitriles is 1. The van der Waals surface area contributed by atoms with Gasteiger partial charge in [-0.05, 0) is 54.5 Å². The fraction of sp³-hybridized carbons (Fsp3) is 0.348. The number of halogens is 2. The van der Waals surface area contributed by atoms with Crippen molar-refractivity contribution >= 4 is 23.2 Å². The number of hydrazone groups is 1. The number of hydrogen-bond donors (Lipinski definition) is 0. The summed E-state index contributed by atoms with van der Waals surface area (Å²) in [5.74, 6) is -1.40. The van der Waals surface area contributed by atoms with Gasteiger partial charge in [0.15, 0.2) is 0 Å². The van der Waals surface area contributed by atoms with Crippen molar-refractivity contribution < 1.29 is 13.6 Å². The van der Waals surface area contributed by atoms with Gasteiger partial charge in [-0.3, -0.25) is 9.48 Å². The average molecular weight is 432 g/mol. The second-order valence-electron chi connectivity index (χ2n) is 9.25. The molecule has 3 heterocycles. The average Bonchev–Trinajstić information content (AvgIpc) is 3.34. The van der Waals surface area contributed by atoms with Gasteiger partial charge in [-0.25, -0.2) is 18.8 Å². The molecule has 32 heavy (non-hydrogen) atoms. The molecular weight excluding hydrogens is 414 g/mol. The molecule has 0 radical (unpaired) electrons. The monoisotopic (exact) mass is 432 g/mol. The normalized spacial score (nSPS) is 27.8. The van der Waals surface area contributed by atoms with Crippen molar-refractivity contribution in [3.63, 3.8) is 0 Å². The van der Waals surface area contributed by atoms with E-state index >= 15 is 0 Å². The minimum atomic E-state index is -0.660. The fourth-order valence-corrected chi connectivity index (χ4v) is 5.73. The maximum absolute atomic E-state index is 13.7. The molecule has 3 saturated carbocycles. The maximum Gasteiger partial charge on any atom is 0.249 e. The molecule has 7 rings (SSSR count). The molecule has 4 aliphatic rings. The highest BCUT2D eigenvalue weighted by Crippen LogP contribution is 2.74. The third-order valence-electron chi connectivity index (χ3n) is 6.92. The van der Waals surface area contributed by atoms with Gasteiger partial charge >= 0.3 is 0 Å². The van der Waals surface area contributed by atoms with Gasteiger partial charge in [-0.2, -0.15) is 15.5 Å². The smallest absolute Gasteiger partial charge is 0.249 e. The van der Waals surface area contributed by atoms with Crippen LogP contribution in [0.4, 0.5) is 8.78 Å². The Labute approximate surface area is 182 Å². The van der Waals surface area contributed by atoms with Gasteiger partial charge in [0.1, 0.15) is 34.4 Å². The van der Waals surface area contributed by atoms with Crippen LogP contribution in [-0.2, 0) is 11.3 Å². The minimum absolute atomic E-state index is 0.0136. The van der Waals surface area contributed by atoms with E-state index in [1.807, 2.05) is 16.9 Å². The highest BCUT2D eigenvalue weighted by atomic mass is 19.1. The van der Waals surface area contributed by atoms with Crippen molar-refractivity contribution in [2.24, 2.45) is 15.9 Å². The first-order valence-electron chi connectivity index (χ1n) is 10.5. The van der Waals surface area contributed by atoms with Gasteiger partial charge < -0.3 is 0 Å². The number of nitrogens with zero attached hydrogens (tertiary/aromatic N) is 6. The van der Waals surface area contributed by atoms with Crippen LogP contribution in [0.15, 0.2) is 41.6 Å². The van der Waals surface area contributed by atoms with Crippen molar-refractivity contribution in [1.82, 2.24) is 19.8 Å². The number of pyridine rings is 1. The summed E-state index contributed by atoms with van der Waals surface area (Å²) >= 11 is 0. The molecule has 1 aromatic carbocycles. The fourth-order valence-electron chi connectivity index (χ4n) is 5.73. The van der Waals surface area contributed by atoms with Crippen LogP contribution < -0.4 is 0 Å². The van der Waals surface area contributed by atoms with Gasteiger partial charge in [-0.1, -0.05) is 0 Å². The van der Waals surface area contributed by atoms with Crippen LogP contribution in [0.2, 0.25) is 0 Å². The summed E-state index contributed by atoms with van der Waals surface area (Å²) in [4.78, 5) is 17.6. The molecule has 1 unspecified atom stereocenters. The SMILES string of the molecule is N#Cc1ccc2nn(CC34CC(C(=O)N5N=CCC5c5cc(F)cc(F)c5)(C3)C4)cc2n1. The van der Waals surface area contributed by atoms with E-state index in [-0.39, 0.29) is 11.3 Å². The van der Waals surface area contributed by atoms with Crippen LogP contribution in [0.3, 0.4) is 0 Å². The molecule has 3 aromatic rings. The Morgan fingerprint density at radius 2 is 1.91 bits per heavy atom. The molecule has 0 N–H and O–H groups in total. The predicted molar refractivity (Wildman–Crippen MR) is 110 cm³/mol. The summed E-state index contributed by atoms with van der Waals surface area (Å²) in [6.45, 7) is 0.683. The molecule has 9 heteroatoms. The zero-order chi connectivity index (χ0) is 22.1. The summed E-state index contributed by atoms with van der Waals surface area (Å²) in [5.41, 5.74) is 1.74. The number of carbonyl (C=O) groups excluding carboxylic acids is 1. The number of benzene rings is 1. The lowest BCUT2D eigenvalue weighted by Gasteiger charge is -2.69. The first-order valence-corrected chi connectivity index (χ1v) is 10.5. The summed E-state index contributed by atoms with van der Waals surface area (Å²) in [5, 5.41) is 19.2. The Balaban J connectivity index is 1.16. The third kappa shape index (κ3) is 2.75. The number of carbonyl (C=O) groups is 1. The molecule has 7 nitrogen and oxygen atoms in total. The highest BCUT2D eigenvalue weighted by Gasteiger charge is 2.72. The van der Waals surface area contributed by atoms with E-state index in [0.717, 1.165) is 30.8 Å². The van der Waals surface area contributed by atoms with E-state index in [9.17, 15) is 13.6 Å². The summed E-state index contributed by atoms with van der Waals surface area (Å²) < 4.78 is 29.2. The van der Waals surface area contributed by atoms with E-state index in [2.05, 4.69) is 15.2 Å². The molecule has 1 amide bonds. The Hall–Kier alpha value is -3.67. The standard InChI is InChI=1S/C23H18F2N6O/c24-15-5-14(6-16(25)7-15)20-3-4-27-31(20)21(32)23-10-22(11-23,12-23)13-30-9-19-18(29-30)2-1-17(8-26)28-19/h1-2,4-7,9,20H,3,10-13H2. The van der Waals surface area contributed by atoms with E-state index in [0.29, 0.717) is 29.7 Å². The quantitative estimate of drug-likeness (QED) is 0.629. The van der Waals surface area contributed by atoms with E-state index in [4.69, 9.17) is 5.26 Å². The Morgan fingerprint density at radius 3 is 2.62 bits per heavy atom. The lowest BCUT2D eigenvalue weighted by molar-refractivity contribution is -0.223. The number of rotatable bonds is 4. The van der Waals surface area contributed by atoms with Crippen LogP contribution in [0, 0.1) is 33.8 Å². The molecule has 2 aromatic heterocycles. The second-order valence-corrected chi connectivity index (χ2v) is 9.25. The van der Waals surface area contributed by atoms with Crippen LogP contribution >= 0.6 is 0 Å². The molecule has 1 aliphatic heterocycles. The Morgan fingerprint density at radius 1 is 1.16 bits per heavy atom. The first-order chi connectivity index (χ1) is 15.4. The van der Waals surface area contributed by atoms with Crippen molar-refractivity contribution in [2.45, 2.75) is 38.3 Å². The van der Waals surface area contributed by atoms with E-state index < -0.39 is 23.1 Å². The molecule has 1 atom stereocenters. The minimum Gasteiger partial charge on any atom is -0.272 e. The molecule has 0 spiro atoms. The van der Waals surface area contributed by atoms with Gasteiger partial charge in [0.2, 0.25) is 5.91 Å². The summed E-state index contributed by atoms with van der Waals surface area (Å²) in [6, 6.07) is 8.33. The molecular formula is C23H18F2N6O. The zero-order valence-electron chi connectivity index (χ0n) is 17.0. The predicted octanol–water partition coefficient (Wildman–Crippen LogP) is 3.71. The maximum atomic E-state index is 13.7. The summed E-state index contributed by atoms with van der Waals surface area (Å²) in [6.07, 6.45) is 6.12. The van der Waals surface area contributed by atoms with Crippen molar-refractivity contribution in [2.75, 3.05) is 0 Å². The number of fused-ring (bicyclic) bond motifs is 1. The Bertz CT molecular complexity index is 1320. The topological polar surface area (TPSA) is 87.2 Å². The van der Waals surface area contributed by atoms with Crippen LogP contribution in [0.5, 0.6) is 0 Å². The zero-order valence-corrected chi connectivity index (χ0v) is 17.0. The van der Waals surface area contributed by atoms with Crippen LogP contribution in [-0.4, -0.2) is 31.9 Å². The van der Waals surface area contributed by atoms with Gasteiger partial charge in [0.25, 0.3) is 0 Å². The lowest BCUT2D eigenvalue weighted by Crippen LogP contribution is -2.68. The van der Waals surface area contributed by atoms with Crippen LogP contribution in [0.1, 0.15) is 43.0 Å². The van der Waals surface area contributed by atoms with Crippen molar-refractivity contribution in [3.8, 4) is 6.07 Å². The summed E-state index contributed by atoms with van der Waals surface area (Å²) in [7, 11) is 0. The highest BCUT2D eigenvalue weighted by molar-refractivity contribution is 5.88. The Kier molecular flexibility index (Phi) is 3.82. The largest absolute Gasteiger partial charge is 0.272 e. The van der Waals surface area contributed by atoms with Crippen LogP contribution in [0.25, 0.3) is 11.0 Å².